The van der Waals surface area contributed by atoms with E-state index in [1.165, 1.54) is 43.8 Å². The lowest BCUT2D eigenvalue weighted by molar-refractivity contribution is 0.244. The maximum absolute atomic E-state index is 9.72. The average molecular weight is 429 g/mol. The van der Waals surface area contributed by atoms with Crippen molar-refractivity contribution in [2.75, 3.05) is 23.4 Å². The zero-order chi connectivity index (χ0) is 22.1. The molecular weight excluding hydrogens is 406 g/mol. The highest BCUT2D eigenvalue weighted by Gasteiger charge is 2.45. The number of rotatable bonds is 6. The zero-order valence-electron chi connectivity index (χ0n) is 17.7. The van der Waals surface area contributed by atoms with Crippen LogP contribution in [0.2, 0.25) is 0 Å². The SMILES string of the molecule is CNc1c(/N=C/Nc2cc3n(n2)CCC32CCC2)ncc(Oc2ccnc(N)c2)c1C#N. The minimum Gasteiger partial charge on any atom is -0.454 e. The van der Waals surface area contributed by atoms with Gasteiger partial charge >= 0.3 is 0 Å². The van der Waals surface area contributed by atoms with Gasteiger partial charge in [0, 0.05) is 43.0 Å². The maximum atomic E-state index is 9.72. The molecule has 4 N–H and O–H groups in total. The minimum atomic E-state index is 0.290. The predicted molar refractivity (Wildman–Crippen MR) is 121 cm³/mol. The Balaban J connectivity index is 1.35. The van der Waals surface area contributed by atoms with Gasteiger partial charge in [-0.15, -0.1) is 0 Å². The van der Waals surface area contributed by atoms with E-state index in [-0.39, 0.29) is 5.56 Å². The number of fused-ring (bicyclic) bond motifs is 2. The maximum Gasteiger partial charge on any atom is 0.178 e. The van der Waals surface area contributed by atoms with Gasteiger partial charge in [0.2, 0.25) is 0 Å². The number of nitriles is 1. The van der Waals surface area contributed by atoms with Crippen LogP contribution in [0.4, 0.5) is 23.1 Å². The minimum absolute atomic E-state index is 0.290. The van der Waals surface area contributed by atoms with Crippen molar-refractivity contribution < 1.29 is 4.74 Å². The van der Waals surface area contributed by atoms with E-state index in [2.05, 4.69) is 47.5 Å². The van der Waals surface area contributed by atoms with Crippen LogP contribution < -0.4 is 21.1 Å². The number of hydrogen-bond donors (Lipinski definition) is 3. The molecule has 0 radical (unpaired) electrons. The highest BCUT2D eigenvalue weighted by atomic mass is 16.5. The van der Waals surface area contributed by atoms with Crippen molar-refractivity contribution in [3.05, 3.63) is 41.9 Å². The number of ether oxygens (including phenoxy) is 1. The number of hydrogen-bond acceptors (Lipinski definition) is 8. The molecule has 3 aromatic heterocycles. The molecule has 0 aromatic carbocycles. The van der Waals surface area contributed by atoms with E-state index >= 15 is 0 Å². The summed E-state index contributed by atoms with van der Waals surface area (Å²) in [6.45, 7) is 0.968. The molecule has 32 heavy (non-hydrogen) atoms. The molecule has 1 saturated carbocycles. The van der Waals surface area contributed by atoms with Gasteiger partial charge in [0.25, 0.3) is 0 Å². The first-order valence-electron chi connectivity index (χ1n) is 10.5. The average Bonchev–Trinajstić information content (AvgIpc) is 3.32. The van der Waals surface area contributed by atoms with Crippen LogP contribution in [0, 0.1) is 11.3 Å². The standard InChI is InChI=1S/C22H23N9O/c1-25-20-15(11-23)16(32-14-3-7-26-18(24)9-14)12-27-21(20)29-13-28-19-10-17-22(4-2-5-22)6-8-31(17)30-19/h3,7,9-10,12-13,25H,2,4-6,8H2,1H3,(H2,24,26)(H,27,28,29,30). The predicted octanol–water partition coefficient (Wildman–Crippen LogP) is 3.56. The van der Waals surface area contributed by atoms with Crippen molar-refractivity contribution in [3.63, 3.8) is 0 Å². The molecule has 1 fully saturated rings. The Hall–Kier alpha value is -4.13. The molecule has 5 rings (SSSR count). The van der Waals surface area contributed by atoms with Gasteiger partial charge in [0.1, 0.15) is 28.9 Å². The molecule has 10 nitrogen and oxygen atoms in total. The summed E-state index contributed by atoms with van der Waals surface area (Å²) in [5.41, 5.74) is 8.11. The molecule has 3 aromatic rings. The van der Waals surface area contributed by atoms with Gasteiger partial charge in [-0.05, 0) is 25.3 Å². The smallest absolute Gasteiger partial charge is 0.178 e. The Morgan fingerprint density at radius 1 is 1.31 bits per heavy atom. The van der Waals surface area contributed by atoms with Crippen molar-refractivity contribution in [3.8, 4) is 17.6 Å². The van der Waals surface area contributed by atoms with Crippen molar-refractivity contribution in [2.45, 2.75) is 37.6 Å². The molecule has 1 aliphatic heterocycles. The quantitative estimate of drug-likeness (QED) is 0.399. The number of aliphatic imine (C=N–C) groups is 1. The molecule has 2 aliphatic rings. The fourth-order valence-corrected chi connectivity index (χ4v) is 4.43. The summed E-state index contributed by atoms with van der Waals surface area (Å²) in [4.78, 5) is 12.7. The fraction of sp³-hybridized carbons (Fsp3) is 0.318. The van der Waals surface area contributed by atoms with E-state index in [0.29, 0.717) is 34.2 Å². The van der Waals surface area contributed by atoms with Crippen molar-refractivity contribution in [1.29, 1.82) is 5.26 Å². The van der Waals surface area contributed by atoms with Gasteiger partial charge < -0.3 is 21.1 Å². The summed E-state index contributed by atoms with van der Waals surface area (Å²) >= 11 is 0. The molecule has 0 saturated heterocycles. The van der Waals surface area contributed by atoms with E-state index in [4.69, 9.17) is 10.5 Å². The van der Waals surface area contributed by atoms with Crippen LogP contribution in [0.15, 0.2) is 35.6 Å². The highest BCUT2D eigenvalue weighted by Crippen LogP contribution is 2.50. The third-order valence-corrected chi connectivity index (χ3v) is 6.20. The first kappa shape index (κ1) is 19.8. The largest absolute Gasteiger partial charge is 0.454 e. The lowest BCUT2D eigenvalue weighted by Crippen LogP contribution is -2.31. The van der Waals surface area contributed by atoms with E-state index in [1.807, 2.05) is 0 Å². The van der Waals surface area contributed by atoms with Crippen LogP contribution in [0.3, 0.4) is 0 Å². The topological polar surface area (TPSA) is 139 Å². The third-order valence-electron chi connectivity index (χ3n) is 6.20. The second-order valence-corrected chi connectivity index (χ2v) is 8.00. The number of nitrogens with one attached hydrogen (secondary N) is 2. The van der Waals surface area contributed by atoms with Crippen molar-refractivity contribution in [2.24, 2.45) is 4.99 Å². The molecule has 4 heterocycles. The monoisotopic (exact) mass is 429 g/mol. The summed E-state index contributed by atoms with van der Waals surface area (Å²) < 4.78 is 7.89. The summed E-state index contributed by atoms with van der Waals surface area (Å²) in [5, 5.41) is 20.5. The number of pyridine rings is 2. The Morgan fingerprint density at radius 3 is 2.91 bits per heavy atom. The Bertz CT molecular complexity index is 1240. The molecule has 0 atom stereocenters. The Kier molecular flexibility index (Phi) is 4.86. The first-order valence-corrected chi connectivity index (χ1v) is 10.5. The van der Waals surface area contributed by atoms with Gasteiger partial charge in [-0.1, -0.05) is 6.42 Å². The van der Waals surface area contributed by atoms with Crippen LogP contribution in [-0.2, 0) is 12.0 Å². The Morgan fingerprint density at radius 2 is 2.19 bits per heavy atom. The summed E-state index contributed by atoms with van der Waals surface area (Å²) in [6, 6.07) is 7.51. The van der Waals surface area contributed by atoms with Gasteiger partial charge in [-0.3, -0.25) is 4.68 Å². The number of nitrogen functional groups attached to an aromatic ring is 1. The van der Waals surface area contributed by atoms with E-state index in [1.54, 1.807) is 25.5 Å². The van der Waals surface area contributed by atoms with Crippen molar-refractivity contribution in [1.82, 2.24) is 19.7 Å². The van der Waals surface area contributed by atoms with Gasteiger partial charge in [0.05, 0.1) is 12.5 Å². The molecule has 162 valence electrons. The number of aromatic nitrogens is 4. The lowest BCUT2D eigenvalue weighted by atomic mass is 9.66. The van der Waals surface area contributed by atoms with Crippen LogP contribution in [0.5, 0.6) is 11.5 Å². The van der Waals surface area contributed by atoms with Crippen LogP contribution in [-0.4, -0.2) is 33.1 Å². The molecule has 1 aliphatic carbocycles. The number of nitrogens with two attached hydrogens (primary N) is 1. The molecule has 10 heteroatoms. The number of anilines is 3. The molecule has 0 unspecified atom stereocenters. The third kappa shape index (κ3) is 3.37. The van der Waals surface area contributed by atoms with Gasteiger partial charge in [-0.25, -0.2) is 15.0 Å². The summed E-state index contributed by atoms with van der Waals surface area (Å²) in [6.07, 6.45) is 9.53. The molecule has 1 spiro atoms. The Labute approximate surface area is 185 Å². The second kappa shape index (κ2) is 7.85. The van der Waals surface area contributed by atoms with Crippen LogP contribution in [0.1, 0.15) is 36.9 Å². The van der Waals surface area contributed by atoms with Gasteiger partial charge in [0.15, 0.2) is 17.4 Å². The number of nitrogens with zero attached hydrogens (tertiary/aromatic N) is 6. The first-order chi connectivity index (χ1) is 15.6. The van der Waals surface area contributed by atoms with Crippen LogP contribution in [0.25, 0.3) is 0 Å². The second-order valence-electron chi connectivity index (χ2n) is 8.00. The van der Waals surface area contributed by atoms with E-state index in [0.717, 1.165) is 12.4 Å². The highest BCUT2D eigenvalue weighted by molar-refractivity contribution is 5.81. The fourth-order valence-electron chi connectivity index (χ4n) is 4.43. The normalized spacial score (nSPS) is 15.9. The summed E-state index contributed by atoms with van der Waals surface area (Å²) in [7, 11) is 1.70. The van der Waals surface area contributed by atoms with Gasteiger partial charge in [-0.2, -0.15) is 10.4 Å². The summed E-state index contributed by atoms with van der Waals surface area (Å²) in [5.74, 6) is 2.21. The van der Waals surface area contributed by atoms with E-state index in [9.17, 15) is 5.26 Å². The molecule has 0 bridgehead atoms. The van der Waals surface area contributed by atoms with Crippen molar-refractivity contribution >= 4 is 29.5 Å². The lowest BCUT2D eigenvalue weighted by Gasteiger charge is -2.37. The van der Waals surface area contributed by atoms with Crippen LogP contribution >= 0.6 is 0 Å². The molecular formula is C22H23N9O. The number of aryl methyl sites for hydroxylation is 1. The van der Waals surface area contributed by atoms with E-state index < -0.39 is 0 Å². The molecule has 0 amide bonds. The zero-order valence-corrected chi connectivity index (χ0v) is 17.7.